The molecule has 0 aliphatic carbocycles. The zero-order valence-corrected chi connectivity index (χ0v) is 17.5. The molecular weight excluding hydrogens is 352 g/mol. The summed E-state index contributed by atoms with van der Waals surface area (Å²) in [6.45, 7) is 10.4. The Balaban J connectivity index is 1.52. The standard InChI is InChI=1S/C23H34N2O3/c1-17(2)10-13-24-14-11-22-20(15-24)5-4-12-25(22)23(27)16-28-21-8-6-19(7-9-21)18(3)26/h6-9,17,20,22H,4-5,10-16H2,1-3H3/t20-,22-/m1/s1. The van der Waals surface area contributed by atoms with Crippen molar-refractivity contribution in [1.82, 2.24) is 9.80 Å². The van der Waals surface area contributed by atoms with Gasteiger partial charge >= 0.3 is 0 Å². The lowest BCUT2D eigenvalue weighted by Gasteiger charge is -2.47. The van der Waals surface area contributed by atoms with Crippen LogP contribution in [0.15, 0.2) is 24.3 Å². The van der Waals surface area contributed by atoms with E-state index in [0.29, 0.717) is 23.3 Å². The third-order valence-corrected chi connectivity index (χ3v) is 6.12. The molecule has 1 aromatic rings. The molecule has 2 fully saturated rings. The molecule has 0 radical (unpaired) electrons. The van der Waals surface area contributed by atoms with Crippen molar-refractivity contribution in [2.75, 3.05) is 32.8 Å². The number of benzene rings is 1. The second kappa shape index (κ2) is 9.55. The number of rotatable bonds is 7. The Morgan fingerprint density at radius 2 is 1.89 bits per heavy atom. The summed E-state index contributed by atoms with van der Waals surface area (Å²) < 4.78 is 5.71. The minimum absolute atomic E-state index is 0.0294. The first-order chi connectivity index (χ1) is 13.4. The van der Waals surface area contributed by atoms with Gasteiger partial charge in [-0.3, -0.25) is 9.59 Å². The van der Waals surface area contributed by atoms with E-state index < -0.39 is 0 Å². The van der Waals surface area contributed by atoms with Crippen LogP contribution in [-0.4, -0.2) is 60.3 Å². The zero-order chi connectivity index (χ0) is 20.1. The predicted octanol–water partition coefficient (Wildman–Crippen LogP) is 3.63. The van der Waals surface area contributed by atoms with Crippen molar-refractivity contribution in [2.24, 2.45) is 11.8 Å². The maximum Gasteiger partial charge on any atom is 0.260 e. The van der Waals surface area contributed by atoms with Crippen LogP contribution in [0.5, 0.6) is 5.75 Å². The fraction of sp³-hybridized carbons (Fsp3) is 0.652. The van der Waals surface area contributed by atoms with Crippen LogP contribution in [0.3, 0.4) is 0 Å². The number of likely N-dealkylation sites (tertiary alicyclic amines) is 2. The first-order valence-corrected chi connectivity index (χ1v) is 10.7. The van der Waals surface area contributed by atoms with E-state index in [1.54, 1.807) is 31.2 Å². The summed E-state index contributed by atoms with van der Waals surface area (Å²) in [5.74, 6) is 2.08. The van der Waals surface area contributed by atoms with Crippen LogP contribution in [0, 0.1) is 11.8 Å². The summed E-state index contributed by atoms with van der Waals surface area (Å²) in [5.41, 5.74) is 0.654. The summed E-state index contributed by atoms with van der Waals surface area (Å²) in [6, 6.07) is 7.37. The van der Waals surface area contributed by atoms with Crippen molar-refractivity contribution in [3.8, 4) is 5.75 Å². The largest absolute Gasteiger partial charge is 0.484 e. The smallest absolute Gasteiger partial charge is 0.260 e. The van der Waals surface area contributed by atoms with Crippen LogP contribution < -0.4 is 4.74 Å². The number of piperidine rings is 2. The van der Waals surface area contributed by atoms with Gasteiger partial charge in [-0.2, -0.15) is 0 Å². The maximum absolute atomic E-state index is 12.8. The molecule has 2 aliphatic rings. The van der Waals surface area contributed by atoms with Gasteiger partial charge in [0.2, 0.25) is 0 Å². The summed E-state index contributed by atoms with van der Waals surface area (Å²) in [4.78, 5) is 28.8. The highest BCUT2D eigenvalue weighted by Crippen LogP contribution is 2.31. The molecule has 2 aliphatic heterocycles. The number of Topliss-reactive ketones (excluding diaryl/α,β-unsaturated/α-hetero) is 1. The second-order valence-electron chi connectivity index (χ2n) is 8.70. The third kappa shape index (κ3) is 5.34. The van der Waals surface area contributed by atoms with E-state index in [-0.39, 0.29) is 18.3 Å². The van der Waals surface area contributed by atoms with Crippen molar-refractivity contribution in [2.45, 2.75) is 52.5 Å². The zero-order valence-electron chi connectivity index (χ0n) is 17.5. The molecule has 5 nitrogen and oxygen atoms in total. The summed E-state index contributed by atoms with van der Waals surface area (Å²) in [5, 5.41) is 0. The minimum Gasteiger partial charge on any atom is -0.484 e. The van der Waals surface area contributed by atoms with Crippen molar-refractivity contribution in [1.29, 1.82) is 0 Å². The van der Waals surface area contributed by atoms with Crippen LogP contribution in [0.4, 0.5) is 0 Å². The Bertz CT molecular complexity index is 671. The number of fused-ring (bicyclic) bond motifs is 1. The molecule has 3 rings (SSSR count). The highest BCUT2D eigenvalue weighted by Gasteiger charge is 2.37. The van der Waals surface area contributed by atoms with E-state index in [4.69, 9.17) is 4.74 Å². The fourth-order valence-electron chi connectivity index (χ4n) is 4.45. The molecular formula is C23H34N2O3. The molecule has 0 saturated carbocycles. The van der Waals surface area contributed by atoms with Crippen molar-refractivity contribution in [3.63, 3.8) is 0 Å². The van der Waals surface area contributed by atoms with Gasteiger partial charge in [0.05, 0.1) is 0 Å². The maximum atomic E-state index is 12.8. The van der Waals surface area contributed by atoms with Crippen molar-refractivity contribution >= 4 is 11.7 Å². The second-order valence-corrected chi connectivity index (χ2v) is 8.70. The van der Waals surface area contributed by atoms with Crippen molar-refractivity contribution < 1.29 is 14.3 Å². The van der Waals surface area contributed by atoms with E-state index in [2.05, 4.69) is 23.6 Å². The quantitative estimate of drug-likeness (QED) is 0.672. The van der Waals surface area contributed by atoms with Gasteiger partial charge < -0.3 is 14.5 Å². The minimum atomic E-state index is 0.0294. The average molecular weight is 387 g/mol. The van der Waals surface area contributed by atoms with E-state index in [9.17, 15) is 9.59 Å². The van der Waals surface area contributed by atoms with E-state index >= 15 is 0 Å². The number of carbonyl (C=O) groups excluding carboxylic acids is 2. The van der Waals surface area contributed by atoms with Gasteiger partial charge in [-0.1, -0.05) is 13.8 Å². The first kappa shape index (κ1) is 20.8. The Labute approximate surface area is 169 Å². The van der Waals surface area contributed by atoms with Crippen LogP contribution in [-0.2, 0) is 4.79 Å². The molecule has 0 aromatic heterocycles. The van der Waals surface area contributed by atoms with Crippen LogP contribution >= 0.6 is 0 Å². The first-order valence-electron chi connectivity index (χ1n) is 10.7. The van der Waals surface area contributed by atoms with Gasteiger partial charge in [0.15, 0.2) is 12.4 Å². The molecule has 2 atom stereocenters. The Hall–Kier alpha value is -1.88. The lowest BCUT2D eigenvalue weighted by molar-refractivity contribution is -0.140. The Kier molecular flexibility index (Phi) is 7.11. The number of hydrogen-bond donors (Lipinski definition) is 0. The summed E-state index contributed by atoms with van der Waals surface area (Å²) >= 11 is 0. The molecule has 1 amide bonds. The van der Waals surface area contributed by atoms with Gasteiger partial charge in [0.1, 0.15) is 5.75 Å². The normalized spacial score (nSPS) is 22.8. The molecule has 0 spiro atoms. The van der Waals surface area contributed by atoms with Gasteiger partial charge in [-0.25, -0.2) is 0 Å². The summed E-state index contributed by atoms with van der Waals surface area (Å²) in [6.07, 6.45) is 4.62. The number of nitrogens with zero attached hydrogens (tertiary/aromatic N) is 2. The molecule has 5 heteroatoms. The topological polar surface area (TPSA) is 49.9 Å². The Morgan fingerprint density at radius 1 is 1.14 bits per heavy atom. The fourth-order valence-corrected chi connectivity index (χ4v) is 4.45. The number of carbonyl (C=O) groups is 2. The van der Waals surface area contributed by atoms with E-state index in [1.165, 1.54) is 19.4 Å². The van der Waals surface area contributed by atoms with Crippen LogP contribution in [0.2, 0.25) is 0 Å². The van der Waals surface area contributed by atoms with E-state index in [0.717, 1.165) is 38.4 Å². The SMILES string of the molecule is CC(=O)c1ccc(OCC(=O)N2CCC[C@@H]3CN(CCC(C)C)CC[C@H]32)cc1. The van der Waals surface area contributed by atoms with Crippen LogP contribution in [0.1, 0.15) is 56.8 Å². The van der Waals surface area contributed by atoms with Gasteiger partial charge in [-0.05, 0) is 75.3 Å². The predicted molar refractivity (Wildman–Crippen MR) is 111 cm³/mol. The summed E-state index contributed by atoms with van der Waals surface area (Å²) in [7, 11) is 0. The molecule has 2 heterocycles. The lowest BCUT2D eigenvalue weighted by Crippen LogP contribution is -2.56. The van der Waals surface area contributed by atoms with Crippen LogP contribution in [0.25, 0.3) is 0 Å². The lowest BCUT2D eigenvalue weighted by atomic mass is 9.83. The highest BCUT2D eigenvalue weighted by molar-refractivity contribution is 5.94. The highest BCUT2D eigenvalue weighted by atomic mass is 16.5. The number of ketones is 1. The molecule has 1 aromatic carbocycles. The Morgan fingerprint density at radius 3 is 2.57 bits per heavy atom. The number of hydrogen-bond acceptors (Lipinski definition) is 4. The average Bonchev–Trinajstić information content (AvgIpc) is 2.70. The molecule has 154 valence electrons. The third-order valence-electron chi connectivity index (χ3n) is 6.12. The molecule has 0 N–H and O–H groups in total. The molecule has 28 heavy (non-hydrogen) atoms. The van der Waals surface area contributed by atoms with E-state index in [1.807, 2.05) is 0 Å². The number of ether oxygens (including phenoxy) is 1. The monoisotopic (exact) mass is 386 g/mol. The van der Waals surface area contributed by atoms with Gasteiger partial charge in [0, 0.05) is 31.2 Å². The van der Waals surface area contributed by atoms with Gasteiger partial charge in [-0.15, -0.1) is 0 Å². The number of amides is 1. The molecule has 0 unspecified atom stereocenters. The van der Waals surface area contributed by atoms with Gasteiger partial charge in [0.25, 0.3) is 5.91 Å². The van der Waals surface area contributed by atoms with Crippen molar-refractivity contribution in [3.05, 3.63) is 29.8 Å². The molecule has 2 saturated heterocycles. The molecule has 0 bridgehead atoms.